The van der Waals surface area contributed by atoms with E-state index in [0.717, 1.165) is 32.1 Å². The van der Waals surface area contributed by atoms with E-state index < -0.39 is 11.5 Å². The van der Waals surface area contributed by atoms with E-state index >= 15 is 0 Å². The lowest BCUT2D eigenvalue weighted by Crippen LogP contribution is -2.65. The van der Waals surface area contributed by atoms with Crippen molar-refractivity contribution < 1.29 is 19.7 Å². The highest BCUT2D eigenvalue weighted by Crippen LogP contribution is 2.72. The fourth-order valence-electron chi connectivity index (χ4n) is 7.75. The maximum atomic E-state index is 11.4. The summed E-state index contributed by atoms with van der Waals surface area (Å²) >= 11 is 0. The van der Waals surface area contributed by atoms with Gasteiger partial charge in [0.2, 0.25) is 0 Å². The fourth-order valence-corrected chi connectivity index (χ4v) is 7.75. The number of carbonyl (C=O) groups is 1. The lowest BCUT2D eigenvalue weighted by atomic mass is 9.40. The summed E-state index contributed by atoms with van der Waals surface area (Å²) in [4.78, 5) is 11.4. The van der Waals surface area contributed by atoms with Crippen LogP contribution < -0.4 is 0 Å². The molecule has 4 fully saturated rings. The molecule has 0 saturated heterocycles. The summed E-state index contributed by atoms with van der Waals surface area (Å²) in [7, 11) is 0. The zero-order valence-corrected chi connectivity index (χ0v) is 16.5. The Morgan fingerprint density at radius 3 is 2.62 bits per heavy atom. The molecular formula is C22H34O4. The Hall–Kier alpha value is -0.870. The van der Waals surface area contributed by atoms with E-state index in [1.165, 1.54) is 18.9 Å². The number of allylic oxidation sites excluding steroid dienone is 1. The van der Waals surface area contributed by atoms with Crippen molar-refractivity contribution in [2.45, 2.75) is 77.9 Å². The van der Waals surface area contributed by atoms with Gasteiger partial charge in [-0.3, -0.25) is 4.79 Å². The molecule has 4 heteroatoms. The van der Waals surface area contributed by atoms with Crippen LogP contribution in [0.5, 0.6) is 0 Å². The van der Waals surface area contributed by atoms with E-state index in [1.807, 2.05) is 0 Å². The quantitative estimate of drug-likeness (QED) is 0.583. The second-order valence-electron chi connectivity index (χ2n) is 10.2. The van der Waals surface area contributed by atoms with Crippen molar-refractivity contribution >= 4 is 5.97 Å². The standard InChI is InChI=1S/C22H34O4/c1-13-10-22-11-15(13)5-6-16(22)20(3)8-7-18(24)21(4,12-26-14(2)23)17(20)9-19(22)25/h15-19,24-25H,1,5-12H2,2-4H3/t15-,16+,17-,18-,19+,20+,21-,22+/m1/s1. The topological polar surface area (TPSA) is 66.8 Å². The minimum atomic E-state index is -0.492. The summed E-state index contributed by atoms with van der Waals surface area (Å²) in [5, 5.41) is 22.2. The van der Waals surface area contributed by atoms with Crippen LogP contribution >= 0.6 is 0 Å². The molecule has 0 unspecified atom stereocenters. The predicted molar refractivity (Wildman–Crippen MR) is 99.2 cm³/mol. The minimum Gasteiger partial charge on any atom is -0.465 e. The molecular weight excluding hydrogens is 328 g/mol. The lowest BCUT2D eigenvalue weighted by Gasteiger charge is -2.66. The molecule has 0 aromatic heterocycles. The van der Waals surface area contributed by atoms with Gasteiger partial charge in [0.1, 0.15) is 0 Å². The van der Waals surface area contributed by atoms with Crippen LogP contribution in [0.4, 0.5) is 0 Å². The number of aliphatic hydroxyl groups is 2. The Kier molecular flexibility index (Phi) is 4.13. The maximum Gasteiger partial charge on any atom is 0.302 e. The first-order valence-corrected chi connectivity index (χ1v) is 10.3. The molecule has 4 nitrogen and oxygen atoms in total. The van der Waals surface area contributed by atoms with Crippen molar-refractivity contribution in [2.24, 2.45) is 34.0 Å². The number of fused-ring (bicyclic) bond motifs is 3. The molecule has 2 N–H and O–H groups in total. The first kappa shape index (κ1) is 18.5. The van der Waals surface area contributed by atoms with Crippen LogP contribution in [0.3, 0.4) is 0 Å². The van der Waals surface area contributed by atoms with Crippen LogP contribution in [-0.4, -0.2) is 35.0 Å². The van der Waals surface area contributed by atoms with E-state index in [4.69, 9.17) is 4.74 Å². The minimum absolute atomic E-state index is 0.0180. The summed E-state index contributed by atoms with van der Waals surface area (Å²) in [6.07, 6.45) is 5.98. The normalized spacial score (nSPS) is 53.0. The number of rotatable bonds is 2. The average Bonchev–Trinajstić information content (AvgIpc) is 2.83. The van der Waals surface area contributed by atoms with Crippen LogP contribution in [0.25, 0.3) is 0 Å². The Morgan fingerprint density at radius 1 is 1.19 bits per heavy atom. The number of carbonyl (C=O) groups excluding carboxylic acids is 1. The molecule has 0 heterocycles. The summed E-state index contributed by atoms with van der Waals surface area (Å²) < 4.78 is 5.40. The molecule has 0 radical (unpaired) electrons. The van der Waals surface area contributed by atoms with Crippen molar-refractivity contribution in [1.82, 2.24) is 0 Å². The van der Waals surface area contributed by atoms with E-state index in [-0.39, 0.29) is 35.4 Å². The van der Waals surface area contributed by atoms with Crippen LogP contribution in [0.15, 0.2) is 12.2 Å². The molecule has 0 aromatic carbocycles. The van der Waals surface area contributed by atoms with Crippen molar-refractivity contribution in [1.29, 1.82) is 0 Å². The van der Waals surface area contributed by atoms with Gasteiger partial charge in [-0.05, 0) is 68.1 Å². The molecule has 2 bridgehead atoms. The first-order chi connectivity index (χ1) is 12.1. The summed E-state index contributed by atoms with van der Waals surface area (Å²) in [6, 6.07) is 0. The van der Waals surface area contributed by atoms with Gasteiger partial charge in [0.15, 0.2) is 0 Å². The Labute approximate surface area is 157 Å². The third-order valence-electron chi connectivity index (χ3n) is 9.07. The molecule has 0 aromatic rings. The number of esters is 1. The number of hydrogen-bond acceptors (Lipinski definition) is 4. The lowest BCUT2D eigenvalue weighted by molar-refractivity contribution is -0.232. The van der Waals surface area contributed by atoms with Crippen molar-refractivity contribution in [2.75, 3.05) is 6.61 Å². The zero-order chi connectivity index (χ0) is 18.9. The van der Waals surface area contributed by atoms with Gasteiger partial charge in [-0.25, -0.2) is 0 Å². The van der Waals surface area contributed by atoms with E-state index in [2.05, 4.69) is 20.4 Å². The highest BCUT2D eigenvalue weighted by Gasteiger charge is 2.68. The van der Waals surface area contributed by atoms with Gasteiger partial charge < -0.3 is 14.9 Å². The largest absolute Gasteiger partial charge is 0.465 e. The number of aliphatic hydroxyl groups excluding tert-OH is 2. The van der Waals surface area contributed by atoms with Crippen molar-refractivity contribution in [3.63, 3.8) is 0 Å². The zero-order valence-electron chi connectivity index (χ0n) is 16.5. The molecule has 4 aliphatic rings. The van der Waals surface area contributed by atoms with Crippen molar-refractivity contribution in [3.8, 4) is 0 Å². The molecule has 0 amide bonds. The average molecular weight is 363 g/mol. The second kappa shape index (κ2) is 5.81. The molecule has 1 spiro atoms. The Morgan fingerprint density at radius 2 is 1.92 bits per heavy atom. The van der Waals surface area contributed by atoms with Crippen LogP contribution in [0.2, 0.25) is 0 Å². The number of ether oxygens (including phenoxy) is 1. The van der Waals surface area contributed by atoms with E-state index in [9.17, 15) is 15.0 Å². The SMILES string of the molecule is C=C1C[C@]23C[C@H]1CC[C@H]2[C@]1(C)CC[C@@H](O)[C@](C)(COC(C)=O)[C@@H]1C[C@@H]3O. The third-order valence-corrected chi connectivity index (χ3v) is 9.07. The van der Waals surface area contributed by atoms with Gasteiger partial charge in [-0.15, -0.1) is 0 Å². The van der Waals surface area contributed by atoms with E-state index in [1.54, 1.807) is 0 Å². The van der Waals surface area contributed by atoms with Gasteiger partial charge in [0, 0.05) is 17.8 Å². The second-order valence-corrected chi connectivity index (χ2v) is 10.2. The predicted octanol–water partition coefficient (Wildman–Crippen LogP) is 3.46. The maximum absolute atomic E-state index is 11.4. The first-order valence-electron chi connectivity index (χ1n) is 10.3. The molecule has 8 atom stereocenters. The van der Waals surface area contributed by atoms with Gasteiger partial charge >= 0.3 is 5.97 Å². The van der Waals surface area contributed by atoms with Crippen LogP contribution in [0.1, 0.15) is 65.7 Å². The van der Waals surface area contributed by atoms with E-state index in [0.29, 0.717) is 18.3 Å². The van der Waals surface area contributed by atoms with Gasteiger partial charge in [-0.1, -0.05) is 26.0 Å². The molecule has 0 aliphatic heterocycles. The smallest absolute Gasteiger partial charge is 0.302 e. The molecule has 4 rings (SSSR count). The van der Waals surface area contributed by atoms with Gasteiger partial charge in [0.25, 0.3) is 0 Å². The van der Waals surface area contributed by atoms with Crippen molar-refractivity contribution in [3.05, 3.63) is 12.2 Å². The summed E-state index contributed by atoms with van der Waals surface area (Å²) in [5.74, 6) is 0.909. The molecule has 26 heavy (non-hydrogen) atoms. The van der Waals surface area contributed by atoms with Crippen LogP contribution in [-0.2, 0) is 9.53 Å². The molecule has 146 valence electrons. The highest BCUT2D eigenvalue weighted by atomic mass is 16.5. The number of hydrogen-bond donors (Lipinski definition) is 2. The Balaban J connectivity index is 1.72. The fraction of sp³-hybridized carbons (Fsp3) is 0.864. The molecule has 4 aliphatic carbocycles. The third kappa shape index (κ3) is 2.30. The Bertz CT molecular complexity index is 630. The van der Waals surface area contributed by atoms with Gasteiger partial charge in [0.05, 0.1) is 18.8 Å². The highest BCUT2D eigenvalue weighted by molar-refractivity contribution is 5.65. The summed E-state index contributed by atoms with van der Waals surface area (Å²) in [5.41, 5.74) is 0.902. The van der Waals surface area contributed by atoms with Gasteiger partial charge in [-0.2, -0.15) is 0 Å². The summed E-state index contributed by atoms with van der Waals surface area (Å²) in [6.45, 7) is 10.4. The van der Waals surface area contributed by atoms with Crippen LogP contribution in [0, 0.1) is 34.0 Å². The molecule has 4 saturated carbocycles. The monoisotopic (exact) mass is 362 g/mol.